The number of carbonyl (C=O) groups excluding carboxylic acids is 1. The van der Waals surface area contributed by atoms with Gasteiger partial charge in [0.2, 0.25) is 0 Å². The molecule has 1 heterocycles. The van der Waals surface area contributed by atoms with Crippen LogP contribution in [0.1, 0.15) is 27.0 Å². The number of aliphatic imine (C=N–C) groups is 1. The molecule has 0 saturated heterocycles. The zero-order chi connectivity index (χ0) is 17.8. The topological polar surface area (TPSA) is 41.9 Å². The summed E-state index contributed by atoms with van der Waals surface area (Å²) in [5, 5.41) is 0.807. The normalized spacial score (nSPS) is 13.7. The molecule has 0 saturated carbocycles. The SMILES string of the molecule is COc1ccc(C(=O)N2CCN=C2SCc2cc(C)ccc2C)cc1. The summed E-state index contributed by atoms with van der Waals surface area (Å²) in [6.07, 6.45) is 0. The van der Waals surface area contributed by atoms with Crippen LogP contribution in [0.15, 0.2) is 47.5 Å². The first-order valence-corrected chi connectivity index (χ1v) is 9.26. The quantitative estimate of drug-likeness (QED) is 0.831. The lowest BCUT2D eigenvalue weighted by Gasteiger charge is -2.18. The van der Waals surface area contributed by atoms with Crippen LogP contribution in [0.4, 0.5) is 0 Å². The summed E-state index contributed by atoms with van der Waals surface area (Å²) in [7, 11) is 1.62. The average molecular weight is 354 g/mol. The molecule has 2 aromatic carbocycles. The number of methoxy groups -OCH3 is 1. The van der Waals surface area contributed by atoms with Gasteiger partial charge < -0.3 is 4.74 Å². The van der Waals surface area contributed by atoms with E-state index in [4.69, 9.17) is 4.74 Å². The first-order valence-electron chi connectivity index (χ1n) is 8.28. The van der Waals surface area contributed by atoms with Crippen LogP contribution < -0.4 is 4.74 Å². The maximum atomic E-state index is 12.8. The lowest BCUT2D eigenvalue weighted by molar-refractivity contribution is 0.0860. The van der Waals surface area contributed by atoms with E-state index in [0.29, 0.717) is 18.7 Å². The maximum Gasteiger partial charge on any atom is 0.259 e. The van der Waals surface area contributed by atoms with Crippen LogP contribution in [-0.2, 0) is 5.75 Å². The Kier molecular flexibility index (Phi) is 5.43. The smallest absolute Gasteiger partial charge is 0.259 e. The highest BCUT2D eigenvalue weighted by molar-refractivity contribution is 8.13. The fourth-order valence-electron chi connectivity index (χ4n) is 2.73. The summed E-state index contributed by atoms with van der Waals surface area (Å²) in [6.45, 7) is 5.52. The van der Waals surface area contributed by atoms with E-state index < -0.39 is 0 Å². The fourth-order valence-corrected chi connectivity index (χ4v) is 3.83. The third kappa shape index (κ3) is 4.04. The number of amides is 1. The van der Waals surface area contributed by atoms with Crippen molar-refractivity contribution in [3.63, 3.8) is 0 Å². The molecule has 2 aromatic rings. The molecule has 0 aromatic heterocycles. The predicted molar refractivity (Wildman–Crippen MR) is 104 cm³/mol. The van der Waals surface area contributed by atoms with Gasteiger partial charge >= 0.3 is 0 Å². The van der Waals surface area contributed by atoms with E-state index in [1.807, 2.05) is 12.1 Å². The summed E-state index contributed by atoms with van der Waals surface area (Å²) in [5.41, 5.74) is 4.46. The number of aryl methyl sites for hydroxylation is 2. The van der Waals surface area contributed by atoms with Crippen molar-refractivity contribution in [1.82, 2.24) is 4.90 Å². The number of hydrogen-bond donors (Lipinski definition) is 0. The second-order valence-electron chi connectivity index (χ2n) is 6.07. The van der Waals surface area contributed by atoms with Crippen LogP contribution in [0.25, 0.3) is 0 Å². The summed E-state index contributed by atoms with van der Waals surface area (Å²) in [4.78, 5) is 19.1. The molecule has 25 heavy (non-hydrogen) atoms. The van der Waals surface area contributed by atoms with E-state index in [0.717, 1.165) is 16.7 Å². The van der Waals surface area contributed by atoms with Crippen molar-refractivity contribution in [1.29, 1.82) is 0 Å². The third-order valence-electron chi connectivity index (χ3n) is 4.25. The third-order valence-corrected chi connectivity index (χ3v) is 5.31. The Morgan fingerprint density at radius 1 is 1.20 bits per heavy atom. The predicted octanol–water partition coefficient (Wildman–Crippen LogP) is 4.06. The van der Waals surface area contributed by atoms with Crippen LogP contribution in [0, 0.1) is 13.8 Å². The monoisotopic (exact) mass is 354 g/mol. The average Bonchev–Trinajstić information content (AvgIpc) is 3.10. The highest BCUT2D eigenvalue weighted by atomic mass is 32.2. The summed E-state index contributed by atoms with van der Waals surface area (Å²) in [6, 6.07) is 13.7. The van der Waals surface area contributed by atoms with E-state index in [1.54, 1.807) is 35.9 Å². The summed E-state index contributed by atoms with van der Waals surface area (Å²) >= 11 is 1.63. The van der Waals surface area contributed by atoms with E-state index in [1.165, 1.54) is 16.7 Å². The Balaban J connectivity index is 1.69. The van der Waals surface area contributed by atoms with Crippen molar-refractivity contribution >= 4 is 22.8 Å². The second-order valence-corrected chi connectivity index (χ2v) is 7.01. The lowest BCUT2D eigenvalue weighted by atomic mass is 10.1. The molecule has 0 N–H and O–H groups in total. The highest BCUT2D eigenvalue weighted by Gasteiger charge is 2.25. The molecule has 1 aliphatic heterocycles. The number of ether oxygens (including phenoxy) is 1. The lowest BCUT2D eigenvalue weighted by Crippen LogP contribution is -2.32. The molecule has 0 fully saturated rings. The molecule has 0 spiro atoms. The van der Waals surface area contributed by atoms with Crippen LogP contribution in [0.3, 0.4) is 0 Å². The molecule has 5 heteroatoms. The Morgan fingerprint density at radius 3 is 2.68 bits per heavy atom. The molecule has 0 unspecified atom stereocenters. The number of carbonyl (C=O) groups is 1. The first-order chi connectivity index (χ1) is 12.1. The zero-order valence-electron chi connectivity index (χ0n) is 14.8. The molecular formula is C20H22N2O2S. The summed E-state index contributed by atoms with van der Waals surface area (Å²) in [5.74, 6) is 1.56. The van der Waals surface area contributed by atoms with Gasteiger partial charge in [-0.05, 0) is 49.2 Å². The second kappa shape index (κ2) is 7.74. The van der Waals surface area contributed by atoms with Crippen molar-refractivity contribution in [3.8, 4) is 5.75 Å². The van der Waals surface area contributed by atoms with Crippen molar-refractivity contribution in [2.45, 2.75) is 19.6 Å². The van der Waals surface area contributed by atoms with Gasteiger partial charge in [0.1, 0.15) is 5.75 Å². The number of benzene rings is 2. The van der Waals surface area contributed by atoms with Crippen molar-refractivity contribution < 1.29 is 9.53 Å². The molecular weight excluding hydrogens is 332 g/mol. The largest absolute Gasteiger partial charge is 0.497 e. The molecule has 4 nitrogen and oxygen atoms in total. The van der Waals surface area contributed by atoms with Gasteiger partial charge in [0.05, 0.1) is 13.7 Å². The standard InChI is InChI=1S/C20H22N2O2S/c1-14-4-5-15(2)17(12-14)13-25-20-21-10-11-22(20)19(23)16-6-8-18(24-3)9-7-16/h4-9,12H,10-11,13H2,1-3H3. The minimum absolute atomic E-state index is 0.00707. The number of thioether (sulfide) groups is 1. The van der Waals surface area contributed by atoms with E-state index in [2.05, 4.69) is 37.0 Å². The molecule has 1 aliphatic rings. The Bertz CT molecular complexity index is 800. The number of nitrogens with zero attached hydrogens (tertiary/aromatic N) is 2. The first kappa shape index (κ1) is 17.5. The minimum Gasteiger partial charge on any atom is -0.497 e. The van der Waals surface area contributed by atoms with Crippen molar-refractivity contribution in [2.24, 2.45) is 4.99 Å². The Hall–Kier alpha value is -2.27. The van der Waals surface area contributed by atoms with Crippen molar-refractivity contribution in [2.75, 3.05) is 20.2 Å². The molecule has 0 aliphatic carbocycles. The zero-order valence-corrected chi connectivity index (χ0v) is 15.6. The van der Waals surface area contributed by atoms with Gasteiger partial charge in [-0.2, -0.15) is 0 Å². The van der Waals surface area contributed by atoms with Crippen LogP contribution in [0.2, 0.25) is 0 Å². The maximum absolute atomic E-state index is 12.8. The van der Waals surface area contributed by atoms with E-state index in [-0.39, 0.29) is 5.91 Å². The highest BCUT2D eigenvalue weighted by Crippen LogP contribution is 2.24. The van der Waals surface area contributed by atoms with Crippen molar-refractivity contribution in [3.05, 3.63) is 64.7 Å². The van der Waals surface area contributed by atoms with Gasteiger partial charge in [-0.1, -0.05) is 35.5 Å². The summed E-state index contributed by atoms with van der Waals surface area (Å²) < 4.78 is 5.15. The van der Waals surface area contributed by atoms with Crippen LogP contribution >= 0.6 is 11.8 Å². The molecule has 130 valence electrons. The van der Waals surface area contributed by atoms with E-state index in [9.17, 15) is 4.79 Å². The van der Waals surface area contributed by atoms with Gasteiger partial charge in [0.25, 0.3) is 5.91 Å². The molecule has 1 amide bonds. The van der Waals surface area contributed by atoms with E-state index >= 15 is 0 Å². The Labute approximate surface area is 152 Å². The van der Waals surface area contributed by atoms with Gasteiger partial charge in [0.15, 0.2) is 5.17 Å². The van der Waals surface area contributed by atoms with Crippen LogP contribution in [0.5, 0.6) is 5.75 Å². The molecule has 0 bridgehead atoms. The van der Waals surface area contributed by atoms with Gasteiger partial charge in [0, 0.05) is 17.9 Å². The molecule has 0 radical (unpaired) electrons. The van der Waals surface area contributed by atoms with Crippen LogP contribution in [-0.4, -0.2) is 36.2 Å². The molecule has 0 atom stereocenters. The number of rotatable bonds is 4. The van der Waals surface area contributed by atoms with Gasteiger partial charge in [-0.15, -0.1) is 0 Å². The molecule has 3 rings (SSSR count). The Morgan fingerprint density at radius 2 is 1.96 bits per heavy atom. The number of amidine groups is 1. The van der Waals surface area contributed by atoms with Gasteiger partial charge in [-0.3, -0.25) is 14.7 Å². The van der Waals surface area contributed by atoms with Gasteiger partial charge in [-0.25, -0.2) is 0 Å². The minimum atomic E-state index is -0.00707. The number of hydrogen-bond acceptors (Lipinski definition) is 4. The fraction of sp³-hybridized carbons (Fsp3) is 0.300.